The van der Waals surface area contributed by atoms with Crippen LogP contribution < -0.4 is 15.0 Å². The minimum Gasteiger partial charge on any atom is -0.454 e. The van der Waals surface area contributed by atoms with Crippen molar-refractivity contribution in [1.29, 1.82) is 0 Å². The number of anilines is 1. The minimum atomic E-state index is -4.59. The van der Waals surface area contributed by atoms with Gasteiger partial charge in [0.25, 0.3) is 0 Å². The van der Waals surface area contributed by atoms with E-state index in [1.165, 1.54) is 0 Å². The summed E-state index contributed by atoms with van der Waals surface area (Å²) in [5.41, 5.74) is 0.897. The summed E-state index contributed by atoms with van der Waals surface area (Å²) in [6, 6.07) is 7.25. The molecule has 2 aliphatic heterocycles. The van der Waals surface area contributed by atoms with E-state index < -0.39 is 12.0 Å². The van der Waals surface area contributed by atoms with E-state index >= 15 is 0 Å². The normalized spacial score (nSPS) is 21.6. The SMILES string of the molecule is O=C(NC1CCN(c2cccc(Oc3cnc(C(F)(F)F)nc3)c2)C1)C1CCCO1. The Morgan fingerprint density at radius 3 is 2.70 bits per heavy atom. The zero-order valence-electron chi connectivity index (χ0n) is 16.1. The van der Waals surface area contributed by atoms with E-state index in [-0.39, 0.29) is 23.8 Å². The molecule has 2 atom stereocenters. The van der Waals surface area contributed by atoms with Gasteiger partial charge in [-0.05, 0) is 31.4 Å². The number of nitrogens with one attached hydrogen (secondary N) is 1. The monoisotopic (exact) mass is 422 g/mol. The van der Waals surface area contributed by atoms with Crippen molar-refractivity contribution >= 4 is 11.6 Å². The third kappa shape index (κ3) is 4.81. The molecule has 0 saturated carbocycles. The number of rotatable bonds is 5. The zero-order valence-corrected chi connectivity index (χ0v) is 16.1. The van der Waals surface area contributed by atoms with Gasteiger partial charge in [-0.2, -0.15) is 13.2 Å². The Hall–Kier alpha value is -2.88. The predicted molar refractivity (Wildman–Crippen MR) is 101 cm³/mol. The van der Waals surface area contributed by atoms with Crippen LogP contribution in [0.25, 0.3) is 0 Å². The predicted octanol–water partition coefficient (Wildman–Crippen LogP) is 3.16. The molecule has 4 rings (SSSR count). The van der Waals surface area contributed by atoms with Crippen LogP contribution in [-0.4, -0.2) is 47.7 Å². The second-order valence-corrected chi connectivity index (χ2v) is 7.28. The second kappa shape index (κ2) is 8.47. The summed E-state index contributed by atoms with van der Waals surface area (Å²) >= 11 is 0. The first-order chi connectivity index (χ1) is 14.4. The van der Waals surface area contributed by atoms with Gasteiger partial charge in [0.05, 0.1) is 12.4 Å². The van der Waals surface area contributed by atoms with Crippen LogP contribution in [0.2, 0.25) is 0 Å². The van der Waals surface area contributed by atoms with Crippen molar-refractivity contribution in [3.8, 4) is 11.5 Å². The molecular weight excluding hydrogens is 401 g/mol. The molecule has 0 bridgehead atoms. The smallest absolute Gasteiger partial charge is 0.451 e. The number of aromatic nitrogens is 2. The molecule has 1 amide bonds. The minimum absolute atomic E-state index is 0.0367. The van der Waals surface area contributed by atoms with Gasteiger partial charge in [-0.25, -0.2) is 9.97 Å². The maximum Gasteiger partial charge on any atom is 0.451 e. The molecule has 1 N–H and O–H groups in total. The molecule has 1 aromatic heterocycles. The van der Waals surface area contributed by atoms with Crippen molar-refractivity contribution in [3.05, 3.63) is 42.5 Å². The lowest BCUT2D eigenvalue weighted by molar-refractivity contribution is -0.145. The van der Waals surface area contributed by atoms with E-state index in [0.29, 0.717) is 18.9 Å². The number of carbonyl (C=O) groups is 1. The van der Waals surface area contributed by atoms with Gasteiger partial charge in [-0.3, -0.25) is 4.79 Å². The summed E-state index contributed by atoms with van der Waals surface area (Å²) in [5, 5.41) is 3.05. The molecular formula is C20H21F3N4O3. The molecule has 2 unspecified atom stereocenters. The van der Waals surface area contributed by atoms with E-state index in [0.717, 1.165) is 43.9 Å². The van der Waals surface area contributed by atoms with Gasteiger partial charge in [0, 0.05) is 37.5 Å². The summed E-state index contributed by atoms with van der Waals surface area (Å²) in [4.78, 5) is 20.9. The summed E-state index contributed by atoms with van der Waals surface area (Å²) in [6.07, 6.45) is -0.465. The summed E-state index contributed by atoms with van der Waals surface area (Å²) in [6.45, 7) is 2.06. The highest BCUT2D eigenvalue weighted by Gasteiger charge is 2.34. The van der Waals surface area contributed by atoms with Crippen LogP contribution in [-0.2, 0) is 15.7 Å². The van der Waals surface area contributed by atoms with E-state index in [1.807, 2.05) is 6.07 Å². The van der Waals surface area contributed by atoms with Crippen molar-refractivity contribution in [2.75, 3.05) is 24.6 Å². The van der Waals surface area contributed by atoms with Crippen molar-refractivity contribution < 1.29 is 27.4 Å². The van der Waals surface area contributed by atoms with Crippen LogP contribution in [0.3, 0.4) is 0 Å². The lowest BCUT2D eigenvalue weighted by Gasteiger charge is -2.20. The molecule has 3 heterocycles. The molecule has 30 heavy (non-hydrogen) atoms. The molecule has 160 valence electrons. The van der Waals surface area contributed by atoms with Crippen molar-refractivity contribution in [2.45, 2.75) is 37.6 Å². The average molecular weight is 422 g/mol. The third-order valence-electron chi connectivity index (χ3n) is 5.06. The van der Waals surface area contributed by atoms with E-state index in [2.05, 4.69) is 20.2 Å². The Morgan fingerprint density at radius 2 is 2.00 bits per heavy atom. The zero-order chi connectivity index (χ0) is 21.1. The largest absolute Gasteiger partial charge is 0.454 e. The molecule has 7 nitrogen and oxygen atoms in total. The number of carbonyl (C=O) groups excluding carboxylic acids is 1. The van der Waals surface area contributed by atoms with Crippen molar-refractivity contribution in [1.82, 2.24) is 15.3 Å². The highest BCUT2D eigenvalue weighted by Crippen LogP contribution is 2.29. The molecule has 1 aromatic carbocycles. The van der Waals surface area contributed by atoms with Crippen LogP contribution in [0.1, 0.15) is 25.1 Å². The summed E-state index contributed by atoms with van der Waals surface area (Å²) in [5.74, 6) is -0.693. The van der Waals surface area contributed by atoms with Gasteiger partial charge >= 0.3 is 6.18 Å². The standard InChI is InChI=1S/C20H21F3N4O3/c21-20(22,23)19-24-10-16(11-25-19)30-15-4-1-3-14(9-15)27-7-6-13(12-27)26-18(28)17-5-2-8-29-17/h1,3-4,9-11,13,17H,2,5-8,12H2,(H,26,28). The first-order valence-electron chi connectivity index (χ1n) is 9.72. The van der Waals surface area contributed by atoms with Crippen LogP contribution in [0.4, 0.5) is 18.9 Å². The Balaban J connectivity index is 1.36. The number of amides is 1. The van der Waals surface area contributed by atoms with Crippen LogP contribution >= 0.6 is 0 Å². The fourth-order valence-corrected chi connectivity index (χ4v) is 3.59. The molecule has 2 fully saturated rings. The molecule has 2 aliphatic rings. The summed E-state index contributed by atoms with van der Waals surface area (Å²) in [7, 11) is 0. The Morgan fingerprint density at radius 1 is 1.20 bits per heavy atom. The highest BCUT2D eigenvalue weighted by atomic mass is 19.4. The Labute approximate surface area is 171 Å². The van der Waals surface area contributed by atoms with Gasteiger partial charge in [-0.15, -0.1) is 0 Å². The van der Waals surface area contributed by atoms with Gasteiger partial charge in [-0.1, -0.05) is 6.07 Å². The second-order valence-electron chi connectivity index (χ2n) is 7.28. The molecule has 0 aliphatic carbocycles. The van der Waals surface area contributed by atoms with Gasteiger partial charge < -0.3 is 19.7 Å². The Bertz CT molecular complexity index is 886. The van der Waals surface area contributed by atoms with Gasteiger partial charge in [0.1, 0.15) is 11.9 Å². The van der Waals surface area contributed by atoms with Crippen LogP contribution in [0.5, 0.6) is 11.5 Å². The van der Waals surface area contributed by atoms with Crippen molar-refractivity contribution in [3.63, 3.8) is 0 Å². The number of benzene rings is 1. The molecule has 2 saturated heterocycles. The van der Waals surface area contributed by atoms with Gasteiger partial charge in [0.2, 0.25) is 11.7 Å². The maximum absolute atomic E-state index is 12.6. The van der Waals surface area contributed by atoms with E-state index in [4.69, 9.17) is 9.47 Å². The molecule has 0 radical (unpaired) electrons. The number of hydrogen-bond acceptors (Lipinski definition) is 6. The summed E-state index contributed by atoms with van der Waals surface area (Å²) < 4.78 is 48.7. The molecule has 10 heteroatoms. The van der Waals surface area contributed by atoms with Crippen LogP contribution in [0.15, 0.2) is 36.7 Å². The first-order valence-corrected chi connectivity index (χ1v) is 9.72. The number of ether oxygens (including phenoxy) is 2. The fourth-order valence-electron chi connectivity index (χ4n) is 3.59. The van der Waals surface area contributed by atoms with Crippen molar-refractivity contribution in [2.24, 2.45) is 0 Å². The maximum atomic E-state index is 12.6. The Kier molecular flexibility index (Phi) is 5.76. The first kappa shape index (κ1) is 20.4. The molecule has 0 spiro atoms. The molecule has 2 aromatic rings. The quantitative estimate of drug-likeness (QED) is 0.798. The topological polar surface area (TPSA) is 76.6 Å². The number of hydrogen-bond donors (Lipinski definition) is 1. The average Bonchev–Trinajstić information content (AvgIpc) is 3.40. The number of nitrogens with zero attached hydrogens (tertiary/aromatic N) is 3. The highest BCUT2D eigenvalue weighted by molar-refractivity contribution is 5.81. The number of alkyl halides is 3. The number of halogens is 3. The third-order valence-corrected chi connectivity index (χ3v) is 5.06. The lowest BCUT2D eigenvalue weighted by atomic mass is 10.2. The van der Waals surface area contributed by atoms with Crippen LogP contribution in [0, 0.1) is 0 Å². The lowest BCUT2D eigenvalue weighted by Crippen LogP contribution is -2.42. The van der Waals surface area contributed by atoms with E-state index in [1.54, 1.807) is 18.2 Å². The van der Waals surface area contributed by atoms with Gasteiger partial charge in [0.15, 0.2) is 5.75 Å². The van der Waals surface area contributed by atoms with E-state index in [9.17, 15) is 18.0 Å². The fraction of sp³-hybridized carbons (Fsp3) is 0.450.